The van der Waals surface area contributed by atoms with E-state index in [-0.39, 0.29) is 0 Å². The van der Waals surface area contributed by atoms with Gasteiger partial charge in [-0.3, -0.25) is 18.6 Å². The van der Waals surface area contributed by atoms with Crippen molar-refractivity contribution in [3.63, 3.8) is 0 Å². The van der Waals surface area contributed by atoms with E-state index in [9.17, 15) is 0 Å². The molecule has 3 aliphatic rings. The van der Waals surface area contributed by atoms with Crippen LogP contribution in [0.25, 0.3) is 195 Å². The molecule has 0 saturated heterocycles. The fourth-order valence-corrected chi connectivity index (χ4v) is 21.8. The number of imidazole rings is 2. The van der Waals surface area contributed by atoms with Gasteiger partial charge < -0.3 is 18.9 Å². The number of para-hydroxylation sites is 15. The second-order valence-electron chi connectivity index (χ2n) is 35.9. The molecule has 8 aromatic heterocycles. The van der Waals surface area contributed by atoms with E-state index in [4.69, 9.17) is 24.9 Å². The van der Waals surface area contributed by atoms with Crippen LogP contribution in [-0.4, -0.2) is 47.8 Å². The van der Waals surface area contributed by atoms with Crippen LogP contribution in [0, 0.1) is 6.92 Å². The molecule has 0 fully saturated rings. The van der Waals surface area contributed by atoms with E-state index in [2.05, 4.69) is 499 Å². The van der Waals surface area contributed by atoms with Crippen molar-refractivity contribution in [1.82, 2.24) is 47.8 Å². The van der Waals surface area contributed by atoms with Gasteiger partial charge in [0.2, 0.25) is 0 Å². The summed E-state index contributed by atoms with van der Waals surface area (Å²) in [5.41, 5.74) is 39.0. The van der Waals surface area contributed by atoms with Gasteiger partial charge in [-0.05, 0) is 211 Å². The van der Waals surface area contributed by atoms with Crippen LogP contribution < -0.4 is 14.7 Å². The molecule has 11 heterocycles. The molecule has 3 aliphatic heterocycles. The highest BCUT2D eigenvalue weighted by Crippen LogP contribution is 2.59. The first kappa shape index (κ1) is 81.4. The van der Waals surface area contributed by atoms with Gasteiger partial charge in [0.25, 0.3) is 0 Å². The molecule has 0 N–H and O–H groups in total. The molecule has 662 valence electrons. The van der Waals surface area contributed by atoms with Gasteiger partial charge in [-0.25, -0.2) is 24.9 Å². The summed E-state index contributed by atoms with van der Waals surface area (Å²) in [6.45, 7) is 2.13. The smallest absolute Gasteiger partial charge is 0.164 e. The average molecular weight is 1810 g/mol. The zero-order valence-electron chi connectivity index (χ0n) is 76.7. The zero-order valence-corrected chi connectivity index (χ0v) is 76.7. The summed E-state index contributed by atoms with van der Waals surface area (Å²) in [6, 6.07) is 173. The molecular formula is C128H85N13. The van der Waals surface area contributed by atoms with E-state index in [1.54, 1.807) is 0 Å². The summed E-state index contributed by atoms with van der Waals surface area (Å²) in [5, 5.41) is 7.24. The Bertz CT molecular complexity index is 9430. The maximum absolute atomic E-state index is 5.20. The molecule has 0 amide bonds. The molecule has 0 aliphatic carbocycles. The molecule has 141 heavy (non-hydrogen) atoms. The first-order chi connectivity index (χ1) is 70.0. The van der Waals surface area contributed by atoms with Gasteiger partial charge in [0.05, 0.1) is 84.3 Å². The van der Waals surface area contributed by atoms with Crippen LogP contribution in [-0.2, 0) is 0 Å². The third kappa shape index (κ3) is 13.4. The fraction of sp³-hybridized carbons (Fsp3) is 0.00781. The molecule has 0 unspecified atom stereocenters. The monoisotopic (exact) mass is 1800 g/mol. The highest BCUT2D eigenvalue weighted by molar-refractivity contribution is 6.17. The number of nitrogens with zero attached hydrogens (tertiary/aromatic N) is 13. The molecule has 0 atom stereocenters. The van der Waals surface area contributed by atoms with Crippen LogP contribution in [0.1, 0.15) is 5.56 Å². The first-order valence-electron chi connectivity index (χ1n) is 47.8. The summed E-state index contributed by atoms with van der Waals surface area (Å²) in [5.74, 6) is 3.61. The topological polar surface area (TPSA) is 98.8 Å². The summed E-state index contributed by atoms with van der Waals surface area (Å²) in [6.07, 6.45) is 3.71. The van der Waals surface area contributed by atoms with Crippen LogP contribution >= 0.6 is 0 Å². The van der Waals surface area contributed by atoms with Gasteiger partial charge in [0.1, 0.15) is 28.8 Å². The van der Waals surface area contributed by atoms with Crippen molar-refractivity contribution in [3.05, 3.63) is 503 Å². The van der Waals surface area contributed by atoms with Gasteiger partial charge in [0, 0.05) is 129 Å². The Kier molecular flexibility index (Phi) is 19.5. The molecule has 0 spiro atoms. The van der Waals surface area contributed by atoms with Crippen molar-refractivity contribution >= 4 is 128 Å². The van der Waals surface area contributed by atoms with E-state index in [1.807, 2.05) is 42.7 Å². The maximum Gasteiger partial charge on any atom is 0.164 e. The Balaban J connectivity index is 0.000000107. The lowest BCUT2D eigenvalue weighted by molar-refractivity contribution is 1.03. The van der Waals surface area contributed by atoms with Crippen LogP contribution in [0.15, 0.2) is 498 Å². The minimum atomic E-state index is 0.838. The molecule has 0 saturated carbocycles. The van der Waals surface area contributed by atoms with Gasteiger partial charge in [-0.15, -0.1) is 0 Å². The molecule has 18 aromatic carbocycles. The number of pyridine rings is 3. The minimum Gasteiger partial charge on any atom is -0.309 e. The lowest BCUT2D eigenvalue weighted by Gasteiger charge is -2.28. The maximum atomic E-state index is 5.20. The van der Waals surface area contributed by atoms with Crippen LogP contribution in [0.3, 0.4) is 0 Å². The summed E-state index contributed by atoms with van der Waals surface area (Å²) >= 11 is 0. The number of rotatable bonds is 10. The Hall–Kier alpha value is -19.1. The predicted molar refractivity (Wildman–Crippen MR) is 580 cm³/mol. The zero-order chi connectivity index (χ0) is 93.1. The minimum absolute atomic E-state index is 0.838. The first-order valence-corrected chi connectivity index (χ1v) is 47.8. The molecule has 0 bridgehead atoms. The van der Waals surface area contributed by atoms with Gasteiger partial charge in [-0.2, -0.15) is 0 Å². The standard InChI is InChI=1S/C48H31N5.C45H30N4.C35H24N4/c1-2-15-35(16-3-1)53-47(50-41-20-12-30-49-48(41)53)33-25-27-36(28-26-33)51-42-21-9-6-17-38(42)45-39-18-7-10-22-43(39)52(46(45)40-19-8-11-23-44(40)51)37-29-24-32-13-4-5-14-34(32)31-37;1-3-17-32(18-4-1)48-40-27-12-8-23-36(40)43-35-22-7-11-26-39(35)47(41-28-13-9-24-37(41)44(43)48)34-21-15-16-31(30-34)45-46-38-25-10-14-29-42(38)49(45)33-19-5-2-6-20-33;1-23-11-10-22-36-35(23)39-30-18-8-4-14-26(30)33-25-13-3-7-17-29(25)38(31-19-9-5-15-27(31)34(33)39)32-21-20-24-12-2-6-16-28(24)37-32/h1-31H;1-30H;2-22H,1H3. The van der Waals surface area contributed by atoms with Crippen molar-refractivity contribution in [2.24, 2.45) is 0 Å². The molecule has 26 aromatic rings. The average Bonchev–Trinajstić information content (AvgIpc) is 1.56. The van der Waals surface area contributed by atoms with Crippen molar-refractivity contribution < 1.29 is 0 Å². The highest BCUT2D eigenvalue weighted by Gasteiger charge is 2.37. The lowest BCUT2D eigenvalue weighted by atomic mass is 9.98. The van der Waals surface area contributed by atoms with Gasteiger partial charge in [0.15, 0.2) is 5.65 Å². The van der Waals surface area contributed by atoms with E-state index in [0.717, 1.165) is 158 Å². The van der Waals surface area contributed by atoms with E-state index < -0.39 is 0 Å². The quantitative estimate of drug-likeness (QED) is 0.134. The molecule has 13 nitrogen and oxygen atoms in total. The van der Waals surface area contributed by atoms with E-state index in [1.165, 1.54) is 93.9 Å². The second-order valence-corrected chi connectivity index (χ2v) is 35.9. The lowest BCUT2D eigenvalue weighted by Crippen LogP contribution is -2.13. The Labute approximate surface area is 813 Å². The largest absolute Gasteiger partial charge is 0.309 e. The predicted octanol–water partition coefficient (Wildman–Crippen LogP) is 33.1. The van der Waals surface area contributed by atoms with E-state index in [0.29, 0.717) is 0 Å². The van der Waals surface area contributed by atoms with E-state index >= 15 is 0 Å². The third-order valence-electron chi connectivity index (χ3n) is 27.8. The van der Waals surface area contributed by atoms with Gasteiger partial charge >= 0.3 is 0 Å². The van der Waals surface area contributed by atoms with Gasteiger partial charge in [-0.1, -0.05) is 297 Å². The SMILES string of the molecule is Cc1cccnc1-n1c2c(c3ccccc31)-c1ccccc1N(c1ccc3ccccc3n1)c1ccccc1-2.c1ccc(-n2c(-c3ccc(N4c5ccccc5-c5c(n(-c6ccc7ccccc7c6)c6ccccc56)-c5ccccc54)cc3)nc3cccnc32)cc1.c1ccc(-n2c(-c3cccc(N4c5ccccc5-c5c(n(-c6ccccc6)c6ccccc56)-c5ccccc54)c3)nc3ccccc32)cc1. The number of fused-ring (bicyclic) bond motifs is 25. The fourth-order valence-electron chi connectivity index (χ4n) is 21.8. The third-order valence-corrected chi connectivity index (χ3v) is 27.8. The molecule has 29 rings (SSSR count). The second kappa shape index (κ2) is 33.8. The van der Waals surface area contributed by atoms with Crippen LogP contribution in [0.4, 0.5) is 51.3 Å². The van der Waals surface area contributed by atoms with Crippen molar-refractivity contribution in [2.75, 3.05) is 14.7 Å². The number of anilines is 9. The Morgan fingerprint density at radius 2 is 0.596 bits per heavy atom. The van der Waals surface area contributed by atoms with Crippen LogP contribution in [0.5, 0.6) is 0 Å². The summed E-state index contributed by atoms with van der Waals surface area (Å²) in [4.78, 5) is 32.2. The number of hydrogen-bond acceptors (Lipinski definition) is 8. The highest BCUT2D eigenvalue weighted by atomic mass is 15.2. The van der Waals surface area contributed by atoms with Crippen molar-refractivity contribution in [1.29, 1.82) is 0 Å². The number of aromatic nitrogens is 10. The normalized spacial score (nSPS) is 12.1. The molecule has 0 radical (unpaired) electrons. The Morgan fingerprint density at radius 1 is 0.206 bits per heavy atom. The summed E-state index contributed by atoms with van der Waals surface area (Å²) in [7, 11) is 0. The number of benzene rings is 18. The van der Waals surface area contributed by atoms with Crippen molar-refractivity contribution in [3.8, 4) is 118 Å². The molecule has 13 heteroatoms. The number of aryl methyl sites for hydroxylation is 1. The van der Waals surface area contributed by atoms with Crippen molar-refractivity contribution in [2.45, 2.75) is 6.92 Å². The Morgan fingerprint density at radius 3 is 1.18 bits per heavy atom. The summed E-state index contributed by atoms with van der Waals surface area (Å²) < 4.78 is 11.6. The molecular weight excluding hydrogens is 1720 g/mol. The van der Waals surface area contributed by atoms with Crippen LogP contribution in [0.2, 0.25) is 0 Å². The number of hydrogen-bond donors (Lipinski definition) is 0.